The van der Waals surface area contributed by atoms with Crippen molar-refractivity contribution in [3.05, 3.63) is 0 Å². The van der Waals surface area contributed by atoms with E-state index in [0.717, 1.165) is 0 Å². The fourth-order valence-corrected chi connectivity index (χ4v) is 0. The Kier molecular flexibility index (Phi) is 9.83. The van der Waals surface area contributed by atoms with E-state index < -0.39 is 4.05 Å². The van der Waals surface area contributed by atoms with Gasteiger partial charge >= 0.3 is 4.05 Å². The monoisotopic (exact) mass is 220 g/mol. The van der Waals surface area contributed by atoms with Gasteiger partial charge in [0, 0.05) is 0 Å². The fourth-order valence-electron chi connectivity index (χ4n) is 0. The molecule has 0 unspecified atom stereocenters. The third-order valence-corrected chi connectivity index (χ3v) is 0. The Bertz CT molecular complexity index is 34.2. The lowest BCUT2D eigenvalue weighted by Gasteiger charge is -1.89. The minimum absolute atomic E-state index is 0.194. The Morgan fingerprint density at radius 1 is 1.12 bits per heavy atom. The molecule has 0 amide bonds. The van der Waals surface area contributed by atoms with E-state index in [1.807, 2.05) is 0 Å². The first-order valence-corrected chi connectivity index (χ1v) is 3.49. The first kappa shape index (κ1) is 12.1. The average molecular weight is 222 g/mol. The van der Waals surface area contributed by atoms with E-state index in [0.29, 0.717) is 0 Å². The van der Waals surface area contributed by atoms with Crippen LogP contribution in [0.2, 0.25) is 0 Å². The van der Waals surface area contributed by atoms with Gasteiger partial charge in [0.1, 0.15) is 0 Å². The minimum Gasteiger partial charge on any atom is -0.189 e. The van der Waals surface area contributed by atoms with Crippen molar-refractivity contribution in [3.8, 4) is 0 Å². The fraction of sp³-hybridized carbons (Fsp3) is 1.00. The quantitative estimate of drug-likeness (QED) is 0.548. The van der Waals surface area contributed by atoms with E-state index in [4.69, 9.17) is 23.2 Å². The molecule has 0 saturated heterocycles. The van der Waals surface area contributed by atoms with Gasteiger partial charge in [0.05, 0.1) is 5.34 Å². The zero-order chi connectivity index (χ0) is 7.21. The summed E-state index contributed by atoms with van der Waals surface area (Å²) >= 11 is 22.7. The van der Waals surface area contributed by atoms with Crippen molar-refractivity contribution in [2.75, 3.05) is 5.34 Å². The molecular formula is C2H2Cl5F. The second kappa shape index (κ2) is 6.50. The van der Waals surface area contributed by atoms with Gasteiger partial charge in [-0.05, 0) is 34.8 Å². The first-order chi connectivity index (χ1) is 3.41. The summed E-state index contributed by atoms with van der Waals surface area (Å²) in [4.78, 5) is 0. The van der Waals surface area contributed by atoms with E-state index in [9.17, 15) is 4.39 Å². The van der Waals surface area contributed by atoms with Gasteiger partial charge in [-0.15, -0.1) is 23.2 Å². The summed E-state index contributed by atoms with van der Waals surface area (Å²) in [5.74, 6) is 0. The van der Waals surface area contributed by atoms with Gasteiger partial charge in [-0.25, -0.2) is 0 Å². The Morgan fingerprint density at radius 2 is 1.12 bits per heavy atom. The minimum atomic E-state index is -2.58. The van der Waals surface area contributed by atoms with Crippen LogP contribution in [0.5, 0.6) is 0 Å². The maximum Gasteiger partial charge on any atom is 0.333 e. The molecule has 0 bridgehead atoms. The van der Waals surface area contributed by atoms with Crippen molar-refractivity contribution < 1.29 is 4.39 Å². The van der Waals surface area contributed by atoms with Crippen LogP contribution in [0.15, 0.2) is 0 Å². The van der Waals surface area contributed by atoms with E-state index in [1.165, 1.54) is 0 Å². The normalized spacial score (nSPS) is 9.75. The lowest BCUT2D eigenvalue weighted by Crippen LogP contribution is -1.83. The summed E-state index contributed by atoms with van der Waals surface area (Å²) in [5.41, 5.74) is 0. The van der Waals surface area contributed by atoms with Gasteiger partial charge in [-0.2, -0.15) is 4.39 Å². The molecule has 8 heavy (non-hydrogen) atoms. The summed E-state index contributed by atoms with van der Waals surface area (Å²) < 4.78 is 8.40. The van der Waals surface area contributed by atoms with E-state index in [1.54, 1.807) is 0 Å². The van der Waals surface area contributed by atoms with Crippen LogP contribution in [0, 0.1) is 0 Å². The van der Waals surface area contributed by atoms with Crippen molar-refractivity contribution in [1.82, 2.24) is 0 Å². The summed E-state index contributed by atoms with van der Waals surface area (Å²) in [6.45, 7) is 0. The molecule has 0 fully saturated rings. The molecule has 0 nitrogen and oxygen atoms in total. The summed E-state index contributed by atoms with van der Waals surface area (Å²) in [6, 6.07) is 0. The topological polar surface area (TPSA) is 0 Å². The zero-order valence-corrected chi connectivity index (χ0v) is 7.25. The number of hydrogen-bond acceptors (Lipinski definition) is 0. The summed E-state index contributed by atoms with van der Waals surface area (Å²) in [7, 11) is 0. The van der Waals surface area contributed by atoms with Crippen molar-refractivity contribution in [2.24, 2.45) is 0 Å². The average Bonchev–Trinajstić information content (AvgIpc) is 1.27. The lowest BCUT2D eigenvalue weighted by molar-refractivity contribution is 0.507. The Labute approximate surface area is 71.8 Å². The molecule has 0 rings (SSSR count). The molecule has 0 aliphatic rings. The first-order valence-electron chi connectivity index (χ1n) is 1.29. The number of rotatable bonds is 0. The van der Waals surface area contributed by atoms with Gasteiger partial charge in [0.15, 0.2) is 0 Å². The van der Waals surface area contributed by atoms with Gasteiger partial charge in [0.2, 0.25) is 0 Å². The molecule has 52 valence electrons. The molecule has 0 radical (unpaired) electrons. The molecule has 0 saturated carbocycles. The largest absolute Gasteiger partial charge is 0.333 e. The molecule has 0 aromatic rings. The van der Waals surface area contributed by atoms with Crippen LogP contribution in [-0.4, -0.2) is 9.39 Å². The predicted octanol–water partition coefficient (Wildman–Crippen LogP) is 3.71. The predicted molar refractivity (Wildman–Crippen MR) is 38.0 cm³/mol. The number of halogens is 6. The smallest absolute Gasteiger partial charge is 0.189 e. The van der Waals surface area contributed by atoms with Crippen LogP contribution >= 0.6 is 58.0 Å². The van der Waals surface area contributed by atoms with Crippen LogP contribution in [0.25, 0.3) is 0 Å². The van der Waals surface area contributed by atoms with Gasteiger partial charge < -0.3 is 0 Å². The number of alkyl halides is 6. The second-order valence-electron chi connectivity index (χ2n) is 0.530. The van der Waals surface area contributed by atoms with Gasteiger partial charge in [-0.1, -0.05) is 0 Å². The van der Waals surface area contributed by atoms with E-state index in [-0.39, 0.29) is 5.34 Å². The third kappa shape index (κ3) is 158. The van der Waals surface area contributed by atoms with E-state index >= 15 is 0 Å². The highest BCUT2D eigenvalue weighted by molar-refractivity contribution is 6.66. The lowest BCUT2D eigenvalue weighted by atomic mass is 11.7. The second-order valence-corrected chi connectivity index (χ2v) is 3.48. The highest BCUT2D eigenvalue weighted by Gasteiger charge is 2.14. The van der Waals surface area contributed by atoms with Crippen molar-refractivity contribution in [2.45, 2.75) is 4.05 Å². The molecule has 6 heteroatoms. The highest BCUT2D eigenvalue weighted by Crippen LogP contribution is 2.26. The van der Waals surface area contributed by atoms with Crippen LogP contribution in [0.3, 0.4) is 0 Å². The van der Waals surface area contributed by atoms with Crippen LogP contribution in [-0.2, 0) is 0 Å². The highest BCUT2D eigenvalue weighted by atomic mass is 35.6. The standard InChI is InChI=1S/CCl3F.CH2Cl2/c2-1(3,4)5;2-1-3/h;1H2. The van der Waals surface area contributed by atoms with Crippen LogP contribution in [0.4, 0.5) is 4.39 Å². The molecule has 0 N–H and O–H groups in total. The molecule has 0 aromatic carbocycles. The molecule has 0 aliphatic heterocycles. The van der Waals surface area contributed by atoms with Crippen LogP contribution in [0.1, 0.15) is 0 Å². The van der Waals surface area contributed by atoms with Gasteiger partial charge in [0.25, 0.3) is 0 Å². The van der Waals surface area contributed by atoms with Crippen molar-refractivity contribution in [3.63, 3.8) is 0 Å². The van der Waals surface area contributed by atoms with E-state index in [2.05, 4.69) is 34.8 Å². The maximum atomic E-state index is 11.0. The third-order valence-electron chi connectivity index (χ3n) is 0. The van der Waals surface area contributed by atoms with Crippen LogP contribution < -0.4 is 0 Å². The van der Waals surface area contributed by atoms with Gasteiger partial charge in [-0.3, -0.25) is 0 Å². The summed E-state index contributed by atoms with van der Waals surface area (Å²) in [6.07, 6.45) is 0. The Morgan fingerprint density at radius 3 is 1.12 bits per heavy atom. The Hall–Kier alpha value is 1.38. The molecule has 0 atom stereocenters. The number of hydrogen-bond donors (Lipinski definition) is 0. The molecule has 0 aromatic heterocycles. The molecule has 0 spiro atoms. The Balaban J connectivity index is 0. The molecule has 0 aliphatic carbocycles. The molecular weight excluding hydrogens is 220 g/mol. The SMILES string of the molecule is ClCCl.FC(Cl)(Cl)Cl. The van der Waals surface area contributed by atoms with Crippen molar-refractivity contribution in [1.29, 1.82) is 0 Å². The molecule has 0 heterocycles. The van der Waals surface area contributed by atoms with Crippen molar-refractivity contribution >= 4 is 58.0 Å². The zero-order valence-electron chi connectivity index (χ0n) is 3.47. The summed E-state index contributed by atoms with van der Waals surface area (Å²) in [5, 5.41) is 0.194. The maximum absolute atomic E-state index is 11.0.